The molecule has 116 valence electrons. The lowest BCUT2D eigenvalue weighted by Gasteiger charge is -2.42. The smallest absolute Gasteiger partial charge is 0.161 e. The van der Waals surface area contributed by atoms with E-state index in [-0.39, 0.29) is 0 Å². The van der Waals surface area contributed by atoms with E-state index < -0.39 is 11.7 Å². The minimum absolute atomic E-state index is 0.476. The summed E-state index contributed by atoms with van der Waals surface area (Å²) >= 11 is 0. The summed E-state index contributed by atoms with van der Waals surface area (Å²) in [6.07, 6.45) is 3.33. The van der Waals surface area contributed by atoms with Gasteiger partial charge in [-0.1, -0.05) is 13.0 Å². The van der Waals surface area contributed by atoms with Crippen molar-refractivity contribution in [1.29, 1.82) is 0 Å². The number of hydrogen-bond acceptors (Lipinski definition) is 4. The lowest BCUT2D eigenvalue weighted by molar-refractivity contribution is -0.130. The number of rotatable bonds is 3. The second-order valence-electron chi connectivity index (χ2n) is 6.26. The quantitative estimate of drug-likeness (QED) is 0.930. The first-order chi connectivity index (χ1) is 10.1. The van der Waals surface area contributed by atoms with Crippen LogP contribution in [-0.4, -0.2) is 31.0 Å². The van der Waals surface area contributed by atoms with Crippen LogP contribution >= 0.6 is 0 Å². The van der Waals surface area contributed by atoms with Crippen molar-refractivity contribution in [2.45, 2.75) is 44.3 Å². The predicted octanol–water partition coefficient (Wildman–Crippen LogP) is 3.09. The van der Waals surface area contributed by atoms with Gasteiger partial charge in [0, 0.05) is 7.11 Å². The summed E-state index contributed by atoms with van der Waals surface area (Å²) in [4.78, 5) is 0. The Hall–Kier alpha value is -1.26. The summed E-state index contributed by atoms with van der Waals surface area (Å²) in [7, 11) is 1.71. The SMILES string of the molecule is COC1(C(O)c2ccc3c(c2)OCCO3)CCC(C)CC1. The molecular formula is C17H24O4. The van der Waals surface area contributed by atoms with E-state index in [1.54, 1.807) is 7.11 Å². The molecule has 1 aliphatic carbocycles. The molecule has 2 aliphatic rings. The third kappa shape index (κ3) is 2.74. The molecule has 0 radical (unpaired) electrons. The Morgan fingerprint density at radius 1 is 1.19 bits per heavy atom. The van der Waals surface area contributed by atoms with Crippen LogP contribution in [0.3, 0.4) is 0 Å². The van der Waals surface area contributed by atoms with E-state index in [1.807, 2.05) is 18.2 Å². The lowest BCUT2D eigenvalue weighted by atomic mass is 9.74. The van der Waals surface area contributed by atoms with Gasteiger partial charge >= 0.3 is 0 Å². The number of methoxy groups -OCH3 is 1. The van der Waals surface area contributed by atoms with Crippen molar-refractivity contribution in [2.24, 2.45) is 5.92 Å². The number of fused-ring (bicyclic) bond motifs is 1. The summed E-state index contributed by atoms with van der Waals surface area (Å²) in [5, 5.41) is 10.9. The molecule has 1 aromatic rings. The number of aliphatic hydroxyl groups excluding tert-OH is 1. The van der Waals surface area contributed by atoms with Crippen LogP contribution in [-0.2, 0) is 4.74 Å². The maximum Gasteiger partial charge on any atom is 0.161 e. The zero-order valence-electron chi connectivity index (χ0n) is 12.8. The third-order valence-electron chi connectivity index (χ3n) is 4.91. The Labute approximate surface area is 126 Å². The van der Waals surface area contributed by atoms with Crippen molar-refractivity contribution in [2.75, 3.05) is 20.3 Å². The van der Waals surface area contributed by atoms with E-state index in [0.717, 1.165) is 37.0 Å². The van der Waals surface area contributed by atoms with Crippen molar-refractivity contribution in [3.63, 3.8) is 0 Å². The van der Waals surface area contributed by atoms with Gasteiger partial charge in [-0.3, -0.25) is 0 Å². The summed E-state index contributed by atoms with van der Waals surface area (Å²) in [6.45, 7) is 3.39. The van der Waals surface area contributed by atoms with Crippen LogP contribution in [0.4, 0.5) is 0 Å². The average Bonchev–Trinajstić information content (AvgIpc) is 2.55. The maximum absolute atomic E-state index is 10.9. The minimum atomic E-state index is -0.633. The lowest BCUT2D eigenvalue weighted by Crippen LogP contribution is -2.42. The molecular weight excluding hydrogens is 268 g/mol. The molecule has 1 N–H and O–H groups in total. The number of benzene rings is 1. The fourth-order valence-electron chi connectivity index (χ4n) is 3.37. The van der Waals surface area contributed by atoms with E-state index >= 15 is 0 Å². The van der Waals surface area contributed by atoms with E-state index in [1.165, 1.54) is 0 Å². The average molecular weight is 292 g/mol. The molecule has 0 aromatic heterocycles. The largest absolute Gasteiger partial charge is 0.486 e. The molecule has 0 saturated heterocycles. The molecule has 1 heterocycles. The molecule has 0 bridgehead atoms. The van der Waals surface area contributed by atoms with Crippen molar-refractivity contribution < 1.29 is 19.3 Å². The molecule has 1 saturated carbocycles. The molecule has 1 fully saturated rings. The van der Waals surface area contributed by atoms with Gasteiger partial charge < -0.3 is 19.3 Å². The third-order valence-corrected chi connectivity index (χ3v) is 4.91. The second kappa shape index (κ2) is 5.85. The highest BCUT2D eigenvalue weighted by Gasteiger charge is 2.41. The van der Waals surface area contributed by atoms with Crippen LogP contribution in [0.5, 0.6) is 11.5 Å². The molecule has 1 aromatic carbocycles. The molecule has 0 amide bonds. The van der Waals surface area contributed by atoms with Gasteiger partial charge in [0.25, 0.3) is 0 Å². The van der Waals surface area contributed by atoms with Crippen LogP contribution in [0.25, 0.3) is 0 Å². The Bertz CT molecular complexity index is 492. The molecule has 4 nitrogen and oxygen atoms in total. The van der Waals surface area contributed by atoms with Gasteiger partial charge in [-0.2, -0.15) is 0 Å². The molecule has 1 atom stereocenters. The van der Waals surface area contributed by atoms with Crippen LogP contribution in [0.15, 0.2) is 18.2 Å². The Kier molecular flexibility index (Phi) is 4.09. The second-order valence-corrected chi connectivity index (χ2v) is 6.26. The van der Waals surface area contributed by atoms with E-state index in [9.17, 15) is 5.11 Å². The number of aliphatic hydroxyl groups is 1. The monoisotopic (exact) mass is 292 g/mol. The van der Waals surface area contributed by atoms with Gasteiger partial charge in [-0.25, -0.2) is 0 Å². The fourth-order valence-corrected chi connectivity index (χ4v) is 3.37. The van der Waals surface area contributed by atoms with Crippen LogP contribution in [0.1, 0.15) is 44.3 Å². The first-order valence-electron chi connectivity index (χ1n) is 7.77. The molecule has 0 spiro atoms. The van der Waals surface area contributed by atoms with Gasteiger partial charge in [-0.15, -0.1) is 0 Å². The summed E-state index contributed by atoms with van der Waals surface area (Å²) < 4.78 is 16.9. The van der Waals surface area contributed by atoms with Gasteiger partial charge in [0.05, 0.1) is 5.60 Å². The zero-order valence-corrected chi connectivity index (χ0v) is 12.8. The van der Waals surface area contributed by atoms with E-state index in [0.29, 0.717) is 24.9 Å². The highest BCUT2D eigenvalue weighted by atomic mass is 16.6. The first-order valence-corrected chi connectivity index (χ1v) is 7.77. The summed E-state index contributed by atoms with van der Waals surface area (Å²) in [5.74, 6) is 2.18. The van der Waals surface area contributed by atoms with Gasteiger partial charge in [-0.05, 0) is 49.3 Å². The Morgan fingerprint density at radius 3 is 2.52 bits per heavy atom. The molecule has 1 aliphatic heterocycles. The highest BCUT2D eigenvalue weighted by Crippen LogP contribution is 2.44. The standard InChI is InChI=1S/C17H24O4/c1-12-5-7-17(19-2,8-6-12)16(18)13-3-4-14-15(11-13)21-10-9-20-14/h3-4,11-12,16,18H,5-10H2,1-2H3. The fraction of sp³-hybridized carbons (Fsp3) is 0.647. The van der Waals surface area contributed by atoms with E-state index in [2.05, 4.69) is 6.92 Å². The minimum Gasteiger partial charge on any atom is -0.486 e. The predicted molar refractivity (Wildman–Crippen MR) is 79.8 cm³/mol. The van der Waals surface area contributed by atoms with Gasteiger partial charge in [0.2, 0.25) is 0 Å². The van der Waals surface area contributed by atoms with E-state index in [4.69, 9.17) is 14.2 Å². The zero-order chi connectivity index (χ0) is 14.9. The molecule has 1 unspecified atom stereocenters. The topological polar surface area (TPSA) is 47.9 Å². The van der Waals surface area contributed by atoms with Crippen molar-refractivity contribution in [3.05, 3.63) is 23.8 Å². The normalized spacial score (nSPS) is 30.0. The molecule has 4 heteroatoms. The Morgan fingerprint density at radius 2 is 1.86 bits per heavy atom. The summed E-state index contributed by atoms with van der Waals surface area (Å²) in [5.41, 5.74) is 0.367. The number of ether oxygens (including phenoxy) is 3. The Balaban J connectivity index is 1.84. The molecule has 21 heavy (non-hydrogen) atoms. The number of hydrogen-bond donors (Lipinski definition) is 1. The van der Waals surface area contributed by atoms with Gasteiger partial charge in [0.1, 0.15) is 19.3 Å². The van der Waals surface area contributed by atoms with Crippen molar-refractivity contribution >= 4 is 0 Å². The highest BCUT2D eigenvalue weighted by molar-refractivity contribution is 5.44. The van der Waals surface area contributed by atoms with Crippen LogP contribution in [0, 0.1) is 5.92 Å². The summed E-state index contributed by atoms with van der Waals surface area (Å²) in [6, 6.07) is 5.68. The maximum atomic E-state index is 10.9. The van der Waals surface area contributed by atoms with Crippen molar-refractivity contribution in [3.8, 4) is 11.5 Å². The van der Waals surface area contributed by atoms with Crippen molar-refractivity contribution in [1.82, 2.24) is 0 Å². The molecule has 3 rings (SSSR count). The van der Waals surface area contributed by atoms with Crippen LogP contribution in [0.2, 0.25) is 0 Å². The first kappa shape index (κ1) is 14.7. The van der Waals surface area contributed by atoms with Gasteiger partial charge in [0.15, 0.2) is 11.5 Å². The van der Waals surface area contributed by atoms with Crippen LogP contribution < -0.4 is 9.47 Å².